The number of nitrogens with one attached hydrogen (secondary N) is 1. The average Bonchev–Trinajstić information content (AvgIpc) is 2.68. The highest BCUT2D eigenvalue weighted by Crippen LogP contribution is 2.27. The molecular weight excluding hydrogens is 431 g/mol. The Hall–Kier alpha value is -2.17. The van der Waals surface area contributed by atoms with Gasteiger partial charge in [-0.05, 0) is 36.4 Å². The fourth-order valence-corrected chi connectivity index (χ4v) is 3.78. The highest BCUT2D eigenvalue weighted by Gasteiger charge is 2.25. The second-order valence-electron chi connectivity index (χ2n) is 5.38. The molecule has 0 aliphatic carbocycles. The summed E-state index contributed by atoms with van der Waals surface area (Å²) >= 11 is 12.0. The molecule has 28 heavy (non-hydrogen) atoms. The molecule has 0 unspecified atom stereocenters. The van der Waals surface area contributed by atoms with Crippen LogP contribution in [0.3, 0.4) is 0 Å². The fourth-order valence-electron chi connectivity index (χ4n) is 2.14. The molecule has 11 heteroatoms. The highest BCUT2D eigenvalue weighted by molar-refractivity contribution is 7.89. The number of esters is 1. The summed E-state index contributed by atoms with van der Waals surface area (Å²) < 4.78 is 30.1. The van der Waals surface area contributed by atoms with Gasteiger partial charge in [0.2, 0.25) is 0 Å². The molecule has 2 rings (SSSR count). The smallest absolute Gasteiger partial charge is 0.337 e. The van der Waals surface area contributed by atoms with E-state index in [9.17, 15) is 18.0 Å². The number of ether oxygens (including phenoxy) is 1. The van der Waals surface area contributed by atoms with Crippen molar-refractivity contribution >= 4 is 50.8 Å². The molecule has 0 fully saturated rings. The Morgan fingerprint density at radius 3 is 2.21 bits per heavy atom. The van der Waals surface area contributed by atoms with E-state index in [1.807, 2.05) is 0 Å². The van der Waals surface area contributed by atoms with Crippen LogP contribution < -0.4 is 5.32 Å². The lowest BCUT2D eigenvalue weighted by atomic mass is 10.1. The molecule has 0 saturated heterocycles. The van der Waals surface area contributed by atoms with Gasteiger partial charge in [-0.2, -0.15) is 0 Å². The Balaban J connectivity index is 2.39. The first kappa shape index (κ1) is 22.1. The molecule has 0 aliphatic rings. The monoisotopic (exact) mass is 446 g/mol. The molecule has 0 saturated carbocycles. The number of hydrogen-bond donors (Lipinski definition) is 1. The highest BCUT2D eigenvalue weighted by atomic mass is 35.5. The number of halogens is 2. The minimum absolute atomic E-state index is 0.00650. The number of nitrogens with zero attached hydrogens (tertiary/aromatic N) is 1. The summed E-state index contributed by atoms with van der Waals surface area (Å²) in [5.74, 6) is -1.26. The maximum absolute atomic E-state index is 12.6. The van der Waals surface area contributed by atoms with Crippen LogP contribution in [0.15, 0.2) is 41.3 Å². The lowest BCUT2D eigenvalue weighted by Gasteiger charge is -2.16. The van der Waals surface area contributed by atoms with Crippen molar-refractivity contribution in [3.05, 3.63) is 57.6 Å². The zero-order valence-electron chi connectivity index (χ0n) is 15.0. The van der Waals surface area contributed by atoms with Crippen molar-refractivity contribution in [2.24, 2.45) is 0 Å². The van der Waals surface area contributed by atoms with Gasteiger partial charge in [-0.15, -0.1) is 0 Å². The van der Waals surface area contributed by atoms with E-state index in [1.165, 1.54) is 51.6 Å². The molecule has 0 aliphatic heterocycles. The quantitative estimate of drug-likeness (QED) is 0.539. The molecule has 1 N–H and O–H groups in total. The maximum atomic E-state index is 12.6. The fraction of sp³-hybridized carbons (Fsp3) is 0.176. The van der Waals surface area contributed by atoms with Crippen molar-refractivity contribution in [3.63, 3.8) is 0 Å². The van der Waals surface area contributed by atoms with Crippen LogP contribution in [0.2, 0.25) is 10.0 Å². The molecule has 1 amide bonds. The van der Waals surface area contributed by atoms with Crippen molar-refractivity contribution in [1.82, 2.24) is 4.47 Å². The molecule has 2 aromatic carbocycles. The predicted octanol–water partition coefficient (Wildman–Crippen LogP) is 3.21. The summed E-state index contributed by atoms with van der Waals surface area (Å²) in [4.78, 5) is 28.6. The number of sulfonamides is 1. The summed E-state index contributed by atoms with van der Waals surface area (Å²) in [6.07, 6.45) is 0. The summed E-state index contributed by atoms with van der Waals surface area (Å²) in [5, 5.41) is 2.63. The number of amides is 1. The second kappa shape index (κ2) is 8.89. The topological polar surface area (TPSA) is 102 Å². The number of benzene rings is 2. The standard InChI is InChI=1S/C17H16Cl2N2O6S/c1-21(27-3)28(24,25)15-9-10(4-7-13(15)19)16(22)20-14-8-11(17(23)26-2)5-6-12(14)18/h4-9H,1-3H3,(H,20,22). The third-order valence-electron chi connectivity index (χ3n) is 3.70. The van der Waals surface area contributed by atoms with Crippen LogP contribution in [0, 0.1) is 0 Å². The van der Waals surface area contributed by atoms with Gasteiger partial charge >= 0.3 is 5.97 Å². The first-order valence-electron chi connectivity index (χ1n) is 7.63. The van der Waals surface area contributed by atoms with Crippen molar-refractivity contribution in [2.45, 2.75) is 4.90 Å². The number of carbonyl (C=O) groups excluding carboxylic acids is 2. The van der Waals surface area contributed by atoms with E-state index >= 15 is 0 Å². The van der Waals surface area contributed by atoms with Crippen LogP contribution in [0.5, 0.6) is 0 Å². The molecule has 0 heterocycles. The Bertz CT molecular complexity index is 1030. The van der Waals surface area contributed by atoms with E-state index in [4.69, 9.17) is 28.0 Å². The molecule has 2 aromatic rings. The van der Waals surface area contributed by atoms with E-state index < -0.39 is 21.9 Å². The van der Waals surface area contributed by atoms with Gasteiger partial charge in [-0.1, -0.05) is 27.7 Å². The minimum Gasteiger partial charge on any atom is -0.465 e. The Morgan fingerprint density at radius 1 is 1.00 bits per heavy atom. The number of hydrogen-bond acceptors (Lipinski definition) is 6. The van der Waals surface area contributed by atoms with Gasteiger partial charge in [0, 0.05) is 12.6 Å². The number of methoxy groups -OCH3 is 1. The van der Waals surface area contributed by atoms with Gasteiger partial charge in [0.15, 0.2) is 0 Å². The second-order valence-corrected chi connectivity index (χ2v) is 8.10. The van der Waals surface area contributed by atoms with Crippen molar-refractivity contribution in [2.75, 3.05) is 26.6 Å². The van der Waals surface area contributed by atoms with E-state index in [-0.39, 0.29) is 31.8 Å². The molecule has 0 radical (unpaired) electrons. The van der Waals surface area contributed by atoms with Gasteiger partial charge in [0.05, 0.1) is 35.5 Å². The zero-order valence-corrected chi connectivity index (χ0v) is 17.4. The third kappa shape index (κ3) is 4.62. The van der Waals surface area contributed by atoms with E-state index in [0.717, 1.165) is 6.07 Å². The largest absolute Gasteiger partial charge is 0.465 e. The number of hydroxylamine groups is 1. The van der Waals surface area contributed by atoms with Gasteiger partial charge < -0.3 is 10.1 Å². The summed E-state index contributed by atoms with van der Waals surface area (Å²) in [5.41, 5.74) is 0.346. The van der Waals surface area contributed by atoms with E-state index in [0.29, 0.717) is 4.47 Å². The van der Waals surface area contributed by atoms with Crippen LogP contribution >= 0.6 is 23.2 Å². The van der Waals surface area contributed by atoms with Gasteiger partial charge in [0.25, 0.3) is 15.9 Å². The first-order valence-corrected chi connectivity index (χ1v) is 9.83. The lowest BCUT2D eigenvalue weighted by molar-refractivity contribution is -0.0258. The van der Waals surface area contributed by atoms with Gasteiger partial charge in [0.1, 0.15) is 4.90 Å². The Labute approximate surface area is 171 Å². The first-order chi connectivity index (χ1) is 13.1. The maximum Gasteiger partial charge on any atom is 0.337 e. The van der Waals surface area contributed by atoms with Gasteiger partial charge in [-0.25, -0.2) is 13.2 Å². The Kier molecular flexibility index (Phi) is 7.02. The molecule has 0 bridgehead atoms. The summed E-state index contributed by atoms with van der Waals surface area (Å²) in [7, 11) is -0.472. The van der Waals surface area contributed by atoms with E-state index in [2.05, 4.69) is 10.1 Å². The van der Waals surface area contributed by atoms with Crippen LogP contribution in [0.1, 0.15) is 20.7 Å². The molecule has 0 aromatic heterocycles. The SMILES string of the molecule is COC(=O)c1ccc(Cl)c(NC(=O)c2ccc(Cl)c(S(=O)(=O)N(C)OC)c2)c1. The number of anilines is 1. The summed E-state index contributed by atoms with van der Waals surface area (Å²) in [6, 6.07) is 7.95. The van der Waals surface area contributed by atoms with E-state index in [1.54, 1.807) is 0 Å². The predicted molar refractivity (Wildman–Crippen MR) is 104 cm³/mol. The average molecular weight is 447 g/mol. The Morgan fingerprint density at radius 2 is 1.61 bits per heavy atom. The van der Waals surface area contributed by atoms with Crippen LogP contribution in [-0.4, -0.2) is 46.0 Å². The number of carbonyl (C=O) groups is 2. The third-order valence-corrected chi connectivity index (χ3v) is 6.19. The lowest BCUT2D eigenvalue weighted by Crippen LogP contribution is -2.26. The molecule has 0 spiro atoms. The van der Waals surface area contributed by atoms with Crippen molar-refractivity contribution in [3.8, 4) is 0 Å². The van der Waals surface area contributed by atoms with Crippen molar-refractivity contribution in [1.29, 1.82) is 0 Å². The minimum atomic E-state index is -4.07. The normalized spacial score (nSPS) is 11.4. The summed E-state index contributed by atoms with van der Waals surface area (Å²) in [6.45, 7) is 0. The van der Waals surface area contributed by atoms with Crippen LogP contribution in [-0.2, 0) is 19.6 Å². The number of rotatable bonds is 6. The molecule has 0 atom stereocenters. The molecule has 150 valence electrons. The van der Waals surface area contributed by atoms with Crippen LogP contribution in [0.4, 0.5) is 5.69 Å². The van der Waals surface area contributed by atoms with Gasteiger partial charge in [-0.3, -0.25) is 9.63 Å². The molecule has 8 nitrogen and oxygen atoms in total. The zero-order chi connectivity index (χ0) is 21.1. The molecular formula is C17H16Cl2N2O6S. The van der Waals surface area contributed by atoms with Crippen molar-refractivity contribution < 1.29 is 27.6 Å². The van der Waals surface area contributed by atoms with Crippen LogP contribution in [0.25, 0.3) is 0 Å².